The van der Waals surface area contributed by atoms with E-state index in [1.165, 1.54) is 6.20 Å². The van der Waals surface area contributed by atoms with Crippen LogP contribution >= 0.6 is 0 Å². The van der Waals surface area contributed by atoms with Crippen molar-refractivity contribution in [2.45, 2.75) is 6.92 Å². The van der Waals surface area contributed by atoms with Gasteiger partial charge in [0.25, 0.3) is 0 Å². The van der Waals surface area contributed by atoms with Crippen LogP contribution in [0, 0.1) is 11.3 Å². The summed E-state index contributed by atoms with van der Waals surface area (Å²) in [6.45, 7) is 1.86. The molecule has 0 spiro atoms. The number of nitrogens with one attached hydrogen (secondary N) is 1. The third-order valence-corrected chi connectivity index (χ3v) is 2.59. The number of para-hydroxylation sites is 2. The van der Waals surface area contributed by atoms with Crippen molar-refractivity contribution in [2.24, 2.45) is 4.99 Å². The summed E-state index contributed by atoms with van der Waals surface area (Å²) in [5, 5.41) is 16.4. The van der Waals surface area contributed by atoms with Gasteiger partial charge in [-0.05, 0) is 19.1 Å². The average molecular weight is 223 g/mol. The quantitative estimate of drug-likeness (QED) is 0.744. The Morgan fingerprint density at radius 3 is 3.00 bits per heavy atom. The Morgan fingerprint density at radius 2 is 2.18 bits per heavy atom. The standard InChI is InChI=1S/C12H9N5/c1-8-15-10-4-2-3-5-11(10)17-12(16-8)9(6-13)7-14-17/h2-5,7H,1H3,(H,15,16). The van der Waals surface area contributed by atoms with Gasteiger partial charge >= 0.3 is 0 Å². The first-order valence-corrected chi connectivity index (χ1v) is 5.19. The van der Waals surface area contributed by atoms with Crippen molar-refractivity contribution in [3.63, 3.8) is 0 Å². The molecule has 0 unspecified atom stereocenters. The summed E-state index contributed by atoms with van der Waals surface area (Å²) in [4.78, 5) is 4.37. The molecule has 5 nitrogen and oxygen atoms in total. The van der Waals surface area contributed by atoms with Crippen molar-refractivity contribution < 1.29 is 0 Å². The Morgan fingerprint density at radius 1 is 1.35 bits per heavy atom. The number of nitrogens with zero attached hydrogens (tertiary/aromatic N) is 4. The smallest absolute Gasteiger partial charge is 0.175 e. The Bertz CT molecular complexity index is 660. The molecule has 1 aromatic heterocycles. The molecule has 3 rings (SSSR count). The molecule has 0 aliphatic carbocycles. The van der Waals surface area contributed by atoms with Crippen molar-refractivity contribution in [1.29, 1.82) is 5.26 Å². The van der Waals surface area contributed by atoms with E-state index < -0.39 is 0 Å². The maximum absolute atomic E-state index is 9.02. The number of hydrogen-bond acceptors (Lipinski definition) is 4. The topological polar surface area (TPSA) is 66.0 Å². The number of fused-ring (bicyclic) bond motifs is 3. The fourth-order valence-electron chi connectivity index (χ4n) is 1.85. The Balaban J connectivity index is 2.35. The van der Waals surface area contributed by atoms with E-state index in [2.05, 4.69) is 21.5 Å². The maximum atomic E-state index is 9.02. The molecule has 0 fully saturated rings. The van der Waals surface area contributed by atoms with Crippen LogP contribution in [0.15, 0.2) is 35.5 Å². The summed E-state index contributed by atoms with van der Waals surface area (Å²) < 4.78 is 1.68. The highest BCUT2D eigenvalue weighted by Crippen LogP contribution is 2.30. The van der Waals surface area contributed by atoms with Gasteiger partial charge in [-0.3, -0.25) is 0 Å². The second-order valence-electron chi connectivity index (χ2n) is 3.74. The first kappa shape index (κ1) is 9.60. The monoisotopic (exact) mass is 223 g/mol. The molecule has 2 heterocycles. The molecule has 1 aliphatic heterocycles. The zero-order valence-corrected chi connectivity index (χ0v) is 9.18. The normalized spacial score (nSPS) is 12.6. The SMILES string of the molecule is CC1=Nc2c(C#N)cnn2-c2ccccc2N1. The van der Waals surface area contributed by atoms with Crippen LogP contribution in [-0.4, -0.2) is 15.6 Å². The number of hydrogen-bond donors (Lipinski definition) is 1. The molecule has 0 bridgehead atoms. The van der Waals surface area contributed by atoms with Crippen LogP contribution in [0.1, 0.15) is 12.5 Å². The lowest BCUT2D eigenvalue weighted by atomic mass is 10.2. The van der Waals surface area contributed by atoms with Gasteiger partial charge in [0.1, 0.15) is 17.5 Å². The Hall–Kier alpha value is -2.61. The Labute approximate surface area is 98.0 Å². The molecule has 2 aromatic rings. The number of aliphatic imine (C=N–C) groups is 1. The Kier molecular flexibility index (Phi) is 1.95. The number of anilines is 1. The van der Waals surface area contributed by atoms with Gasteiger partial charge in [0, 0.05) is 0 Å². The predicted octanol–water partition coefficient (Wildman–Crippen LogP) is 2.22. The lowest BCUT2D eigenvalue weighted by Crippen LogP contribution is -2.06. The fourth-order valence-corrected chi connectivity index (χ4v) is 1.85. The second-order valence-corrected chi connectivity index (χ2v) is 3.74. The van der Waals surface area contributed by atoms with Gasteiger partial charge in [-0.2, -0.15) is 10.4 Å². The van der Waals surface area contributed by atoms with E-state index in [1.807, 2.05) is 31.2 Å². The third kappa shape index (κ3) is 1.39. The number of nitriles is 1. The summed E-state index contributed by atoms with van der Waals surface area (Å²) in [5.41, 5.74) is 2.30. The summed E-state index contributed by atoms with van der Waals surface area (Å²) in [6.07, 6.45) is 1.54. The fraction of sp³-hybridized carbons (Fsp3) is 0.0833. The van der Waals surface area contributed by atoms with Crippen LogP contribution in [-0.2, 0) is 0 Å². The maximum Gasteiger partial charge on any atom is 0.175 e. The van der Waals surface area contributed by atoms with Crippen molar-refractivity contribution in [3.05, 3.63) is 36.0 Å². The number of benzene rings is 1. The second kappa shape index (κ2) is 3.46. The van der Waals surface area contributed by atoms with Gasteiger partial charge in [-0.1, -0.05) is 12.1 Å². The summed E-state index contributed by atoms with van der Waals surface area (Å²) in [7, 11) is 0. The minimum absolute atomic E-state index is 0.475. The van der Waals surface area contributed by atoms with E-state index in [-0.39, 0.29) is 0 Å². The van der Waals surface area contributed by atoms with Gasteiger partial charge in [-0.15, -0.1) is 0 Å². The molecular formula is C12H9N5. The predicted molar refractivity (Wildman–Crippen MR) is 64.7 cm³/mol. The summed E-state index contributed by atoms with van der Waals surface area (Å²) in [5.74, 6) is 1.32. The molecular weight excluding hydrogens is 214 g/mol. The van der Waals surface area contributed by atoms with Crippen LogP contribution in [0.5, 0.6) is 0 Å². The lowest BCUT2D eigenvalue weighted by Gasteiger charge is -2.07. The van der Waals surface area contributed by atoms with Crippen LogP contribution in [0.25, 0.3) is 5.69 Å². The number of amidine groups is 1. The van der Waals surface area contributed by atoms with E-state index in [1.54, 1.807) is 4.68 Å². The first-order valence-electron chi connectivity index (χ1n) is 5.19. The molecule has 0 saturated heterocycles. The summed E-state index contributed by atoms with van der Waals surface area (Å²) in [6, 6.07) is 9.86. The van der Waals surface area contributed by atoms with Gasteiger partial charge in [0.2, 0.25) is 0 Å². The van der Waals surface area contributed by atoms with Gasteiger partial charge in [0.15, 0.2) is 5.82 Å². The molecule has 0 atom stereocenters. The van der Waals surface area contributed by atoms with Crippen molar-refractivity contribution in [2.75, 3.05) is 5.32 Å². The molecule has 17 heavy (non-hydrogen) atoms. The van der Waals surface area contributed by atoms with Gasteiger partial charge < -0.3 is 5.32 Å². The van der Waals surface area contributed by atoms with Crippen molar-refractivity contribution >= 4 is 17.3 Å². The molecule has 0 saturated carbocycles. The molecule has 1 aromatic carbocycles. The zero-order chi connectivity index (χ0) is 11.8. The number of rotatable bonds is 0. The molecule has 0 amide bonds. The summed E-state index contributed by atoms with van der Waals surface area (Å²) >= 11 is 0. The average Bonchev–Trinajstić information content (AvgIpc) is 2.66. The molecule has 5 heteroatoms. The van der Waals surface area contributed by atoms with E-state index in [0.29, 0.717) is 11.4 Å². The first-order chi connectivity index (χ1) is 8.29. The number of aromatic nitrogens is 2. The molecule has 1 N–H and O–H groups in total. The van der Waals surface area contributed by atoms with Gasteiger partial charge in [-0.25, -0.2) is 9.67 Å². The third-order valence-electron chi connectivity index (χ3n) is 2.59. The molecule has 1 aliphatic rings. The van der Waals surface area contributed by atoms with E-state index in [9.17, 15) is 0 Å². The van der Waals surface area contributed by atoms with Crippen LogP contribution in [0.2, 0.25) is 0 Å². The zero-order valence-electron chi connectivity index (χ0n) is 9.18. The van der Waals surface area contributed by atoms with Crippen LogP contribution in [0.4, 0.5) is 11.5 Å². The highest BCUT2D eigenvalue weighted by atomic mass is 15.3. The lowest BCUT2D eigenvalue weighted by molar-refractivity contribution is 0.886. The van der Waals surface area contributed by atoms with Crippen molar-refractivity contribution in [3.8, 4) is 11.8 Å². The van der Waals surface area contributed by atoms with E-state index in [0.717, 1.165) is 17.2 Å². The van der Waals surface area contributed by atoms with Crippen molar-refractivity contribution in [1.82, 2.24) is 9.78 Å². The largest absolute Gasteiger partial charge is 0.342 e. The van der Waals surface area contributed by atoms with Crippen LogP contribution in [0.3, 0.4) is 0 Å². The van der Waals surface area contributed by atoms with Gasteiger partial charge in [0.05, 0.1) is 17.6 Å². The van der Waals surface area contributed by atoms with Crippen LogP contribution < -0.4 is 5.32 Å². The molecule has 0 radical (unpaired) electrons. The van der Waals surface area contributed by atoms with E-state index in [4.69, 9.17) is 5.26 Å². The van der Waals surface area contributed by atoms with E-state index >= 15 is 0 Å². The minimum Gasteiger partial charge on any atom is -0.342 e. The minimum atomic E-state index is 0.475. The highest BCUT2D eigenvalue weighted by Gasteiger charge is 2.17. The molecule has 82 valence electrons. The highest BCUT2D eigenvalue weighted by molar-refractivity contribution is 5.98.